The summed E-state index contributed by atoms with van der Waals surface area (Å²) in [6.07, 6.45) is 1.42. The van der Waals surface area contributed by atoms with E-state index in [1.165, 1.54) is 6.33 Å². The first kappa shape index (κ1) is 11.7. The highest BCUT2D eigenvalue weighted by Gasteiger charge is 2.31. The molecule has 2 unspecified atom stereocenters. The molecule has 98 valence electrons. The third-order valence-electron chi connectivity index (χ3n) is 3.44. The fraction of sp³-hybridized carbons (Fsp3) is 0.308. The molecule has 2 heterocycles. The minimum Gasteiger partial charge on any atom is -0.489 e. The normalized spacial score (nSPS) is 20.7. The van der Waals surface area contributed by atoms with Gasteiger partial charge in [-0.2, -0.15) is 10.1 Å². The van der Waals surface area contributed by atoms with Crippen LogP contribution in [0.4, 0.5) is 5.95 Å². The van der Waals surface area contributed by atoms with Crippen LogP contribution in [0.5, 0.6) is 5.75 Å². The summed E-state index contributed by atoms with van der Waals surface area (Å²) in [7, 11) is 0. The van der Waals surface area contributed by atoms with Crippen molar-refractivity contribution in [3.05, 3.63) is 35.7 Å². The molecule has 0 saturated carbocycles. The van der Waals surface area contributed by atoms with Crippen molar-refractivity contribution >= 4 is 11.9 Å². The second-order valence-corrected chi connectivity index (χ2v) is 4.62. The molecule has 1 aliphatic heterocycles. The van der Waals surface area contributed by atoms with Gasteiger partial charge < -0.3 is 4.74 Å². The van der Waals surface area contributed by atoms with E-state index in [2.05, 4.69) is 27.4 Å². The highest BCUT2D eigenvalue weighted by Crippen LogP contribution is 2.40. The molecule has 19 heavy (non-hydrogen) atoms. The van der Waals surface area contributed by atoms with Crippen LogP contribution in [0.25, 0.3) is 0 Å². The summed E-state index contributed by atoms with van der Waals surface area (Å²) in [5.74, 6) is 1.02. The molecule has 0 aliphatic carbocycles. The molecule has 1 amide bonds. The highest BCUT2D eigenvalue weighted by atomic mass is 16.5. The van der Waals surface area contributed by atoms with Gasteiger partial charge >= 0.3 is 0 Å². The van der Waals surface area contributed by atoms with Crippen LogP contribution in [0.3, 0.4) is 0 Å². The predicted molar refractivity (Wildman–Crippen MR) is 69.3 cm³/mol. The van der Waals surface area contributed by atoms with E-state index in [9.17, 15) is 4.79 Å². The maximum Gasteiger partial charge on any atom is 0.261 e. The van der Waals surface area contributed by atoms with Crippen LogP contribution in [-0.4, -0.2) is 27.2 Å². The molecular formula is C13H14N4O2. The van der Waals surface area contributed by atoms with Crippen LogP contribution in [0.15, 0.2) is 24.5 Å². The highest BCUT2D eigenvalue weighted by molar-refractivity contribution is 6.05. The number of hydrogen-bond donors (Lipinski definition) is 2. The van der Waals surface area contributed by atoms with Crippen LogP contribution < -0.4 is 10.1 Å². The number of ether oxygens (including phenoxy) is 1. The Labute approximate surface area is 110 Å². The molecule has 1 aromatic heterocycles. The van der Waals surface area contributed by atoms with Crippen LogP contribution in [0.2, 0.25) is 0 Å². The number of hydrogen-bond acceptors (Lipinski definition) is 4. The van der Waals surface area contributed by atoms with Crippen molar-refractivity contribution in [2.75, 3.05) is 5.32 Å². The summed E-state index contributed by atoms with van der Waals surface area (Å²) < 4.78 is 5.78. The molecule has 0 bridgehead atoms. The van der Waals surface area contributed by atoms with E-state index in [0.29, 0.717) is 17.3 Å². The Balaban J connectivity index is 1.92. The minimum absolute atomic E-state index is 0.0780. The Bertz CT molecular complexity index is 609. The number of nitrogens with one attached hydrogen (secondary N) is 2. The summed E-state index contributed by atoms with van der Waals surface area (Å²) in [5, 5.41) is 8.92. The summed E-state index contributed by atoms with van der Waals surface area (Å²) >= 11 is 0. The van der Waals surface area contributed by atoms with Gasteiger partial charge in [0, 0.05) is 11.5 Å². The lowest BCUT2D eigenvalue weighted by atomic mass is 9.97. The number of nitrogens with zero attached hydrogens (tertiary/aromatic N) is 2. The van der Waals surface area contributed by atoms with Crippen LogP contribution in [0, 0.1) is 0 Å². The first-order chi connectivity index (χ1) is 9.16. The number of fused-ring (bicyclic) bond motifs is 1. The monoisotopic (exact) mass is 258 g/mol. The van der Waals surface area contributed by atoms with E-state index in [1.54, 1.807) is 6.07 Å². The molecule has 0 saturated heterocycles. The van der Waals surface area contributed by atoms with Crippen molar-refractivity contribution in [2.45, 2.75) is 25.9 Å². The number of carbonyl (C=O) groups excluding carboxylic acids is 1. The molecule has 6 heteroatoms. The number of H-pyrrole nitrogens is 1. The lowest BCUT2D eigenvalue weighted by Crippen LogP contribution is -2.15. The smallest absolute Gasteiger partial charge is 0.261 e. The average molecular weight is 258 g/mol. The molecule has 0 fully saturated rings. The fourth-order valence-corrected chi connectivity index (χ4v) is 2.21. The van der Waals surface area contributed by atoms with Gasteiger partial charge in [-0.25, -0.2) is 5.10 Å². The fourth-order valence-electron chi connectivity index (χ4n) is 2.21. The quantitative estimate of drug-likeness (QED) is 0.862. The van der Waals surface area contributed by atoms with Crippen molar-refractivity contribution in [3.63, 3.8) is 0 Å². The number of benzene rings is 1. The summed E-state index contributed by atoms with van der Waals surface area (Å²) in [4.78, 5) is 16.1. The first-order valence-corrected chi connectivity index (χ1v) is 6.13. The van der Waals surface area contributed by atoms with Gasteiger partial charge in [0.15, 0.2) is 0 Å². The topological polar surface area (TPSA) is 79.9 Å². The summed E-state index contributed by atoms with van der Waals surface area (Å²) in [6, 6.07) is 5.61. The SMILES string of the molecule is CC1Oc2c(C(=O)Nc3ncn[nH]3)cccc2C1C. The van der Waals surface area contributed by atoms with Crippen molar-refractivity contribution in [3.8, 4) is 5.75 Å². The molecule has 2 aromatic rings. The number of para-hydroxylation sites is 1. The maximum absolute atomic E-state index is 12.2. The zero-order valence-corrected chi connectivity index (χ0v) is 10.7. The Hall–Kier alpha value is -2.37. The predicted octanol–water partition coefficient (Wildman–Crippen LogP) is 1.94. The number of aromatic amines is 1. The Morgan fingerprint density at radius 2 is 2.26 bits per heavy atom. The molecular weight excluding hydrogens is 244 g/mol. The molecule has 6 nitrogen and oxygen atoms in total. The van der Waals surface area contributed by atoms with Gasteiger partial charge in [-0.3, -0.25) is 10.1 Å². The van der Waals surface area contributed by atoms with Gasteiger partial charge in [0.1, 0.15) is 18.2 Å². The van der Waals surface area contributed by atoms with Crippen molar-refractivity contribution in [1.82, 2.24) is 15.2 Å². The van der Waals surface area contributed by atoms with Crippen molar-refractivity contribution < 1.29 is 9.53 Å². The Kier molecular flexibility index (Phi) is 2.70. The average Bonchev–Trinajstić information content (AvgIpc) is 2.99. The summed E-state index contributed by atoms with van der Waals surface area (Å²) in [5.41, 5.74) is 1.59. The molecule has 1 aliphatic rings. The van der Waals surface area contributed by atoms with Gasteiger partial charge in [-0.1, -0.05) is 19.1 Å². The third-order valence-corrected chi connectivity index (χ3v) is 3.44. The van der Waals surface area contributed by atoms with Crippen LogP contribution in [-0.2, 0) is 0 Å². The van der Waals surface area contributed by atoms with E-state index in [4.69, 9.17) is 4.74 Å². The number of amides is 1. The zero-order chi connectivity index (χ0) is 13.4. The lowest BCUT2D eigenvalue weighted by Gasteiger charge is -2.08. The standard InChI is InChI=1S/C13H14N4O2/c1-7-8(2)19-11-9(7)4-3-5-10(11)12(18)16-13-14-6-15-17-13/h3-8H,1-2H3,(H2,14,15,16,17,18). The molecule has 1 aromatic carbocycles. The third kappa shape index (κ3) is 1.95. The van der Waals surface area contributed by atoms with Crippen molar-refractivity contribution in [2.24, 2.45) is 0 Å². The van der Waals surface area contributed by atoms with E-state index < -0.39 is 0 Å². The largest absolute Gasteiger partial charge is 0.489 e. The zero-order valence-electron chi connectivity index (χ0n) is 10.7. The number of anilines is 1. The summed E-state index contributed by atoms with van der Waals surface area (Å²) in [6.45, 7) is 4.09. The number of aromatic nitrogens is 3. The van der Waals surface area contributed by atoms with Gasteiger partial charge in [0.25, 0.3) is 5.91 Å². The van der Waals surface area contributed by atoms with Crippen molar-refractivity contribution in [1.29, 1.82) is 0 Å². The molecule has 0 spiro atoms. The molecule has 2 atom stereocenters. The Morgan fingerprint density at radius 1 is 1.42 bits per heavy atom. The second-order valence-electron chi connectivity index (χ2n) is 4.62. The molecule has 3 rings (SSSR count). The van der Waals surface area contributed by atoms with Gasteiger partial charge in [0.2, 0.25) is 5.95 Å². The van der Waals surface area contributed by atoms with E-state index in [0.717, 1.165) is 5.56 Å². The van der Waals surface area contributed by atoms with Gasteiger partial charge in [0.05, 0.1) is 5.56 Å². The van der Waals surface area contributed by atoms with Crippen LogP contribution >= 0.6 is 0 Å². The number of rotatable bonds is 2. The van der Waals surface area contributed by atoms with Gasteiger partial charge in [-0.05, 0) is 13.0 Å². The Morgan fingerprint density at radius 3 is 3.00 bits per heavy atom. The molecule has 2 N–H and O–H groups in total. The molecule has 0 radical (unpaired) electrons. The number of carbonyl (C=O) groups is 1. The van der Waals surface area contributed by atoms with Crippen LogP contribution in [0.1, 0.15) is 35.7 Å². The van der Waals surface area contributed by atoms with E-state index in [-0.39, 0.29) is 17.9 Å². The van der Waals surface area contributed by atoms with E-state index in [1.807, 2.05) is 19.1 Å². The first-order valence-electron chi connectivity index (χ1n) is 6.13. The minimum atomic E-state index is -0.255. The van der Waals surface area contributed by atoms with E-state index >= 15 is 0 Å². The maximum atomic E-state index is 12.2. The van der Waals surface area contributed by atoms with Gasteiger partial charge in [-0.15, -0.1) is 0 Å². The lowest BCUT2D eigenvalue weighted by molar-refractivity contribution is 0.102. The second kappa shape index (κ2) is 4.38.